The summed E-state index contributed by atoms with van der Waals surface area (Å²) < 4.78 is 15.0. The van der Waals surface area contributed by atoms with Gasteiger partial charge in [0.2, 0.25) is 0 Å². The molecule has 0 saturated heterocycles. The fourth-order valence-corrected chi connectivity index (χ4v) is 2.19. The second-order valence-corrected chi connectivity index (χ2v) is 4.40. The van der Waals surface area contributed by atoms with E-state index in [9.17, 15) is 4.39 Å². The van der Waals surface area contributed by atoms with Crippen molar-refractivity contribution < 1.29 is 9.50 Å². The van der Waals surface area contributed by atoms with Gasteiger partial charge in [-0.15, -0.1) is 0 Å². The lowest BCUT2D eigenvalue weighted by Gasteiger charge is -2.05. The first-order valence-corrected chi connectivity index (χ1v) is 6.25. The van der Waals surface area contributed by atoms with E-state index < -0.39 is 0 Å². The third-order valence-electron chi connectivity index (χ3n) is 3.11. The summed E-state index contributed by atoms with van der Waals surface area (Å²) in [6, 6.07) is 14.2. The van der Waals surface area contributed by atoms with Crippen LogP contribution in [0.4, 0.5) is 4.39 Å². The number of hydrogen-bond acceptors (Lipinski definition) is 1. The number of fused-ring (bicyclic) bond motifs is 1. The average Bonchev–Trinajstić information content (AvgIpc) is 2.89. The number of rotatable bonds is 1. The van der Waals surface area contributed by atoms with Gasteiger partial charge in [-0.2, -0.15) is 0 Å². The molecule has 0 saturated carbocycles. The van der Waals surface area contributed by atoms with E-state index in [4.69, 9.17) is 5.11 Å². The van der Waals surface area contributed by atoms with Crippen LogP contribution in [0, 0.1) is 17.7 Å². The monoisotopic (exact) mass is 265 g/mol. The van der Waals surface area contributed by atoms with Crippen LogP contribution in [0.1, 0.15) is 5.56 Å². The Morgan fingerprint density at radius 3 is 2.60 bits per heavy atom. The molecular formula is C17H12FNO. The lowest BCUT2D eigenvalue weighted by molar-refractivity contribution is 0.350. The molecular weight excluding hydrogens is 253 g/mol. The molecule has 0 radical (unpaired) electrons. The van der Waals surface area contributed by atoms with Crippen LogP contribution in [0.25, 0.3) is 16.6 Å². The molecule has 3 heteroatoms. The number of aliphatic hydroxyl groups excluding tert-OH is 1. The van der Waals surface area contributed by atoms with E-state index in [1.807, 2.05) is 35.0 Å². The number of hydrogen-bond donors (Lipinski definition) is 1. The van der Waals surface area contributed by atoms with Gasteiger partial charge in [-0.3, -0.25) is 0 Å². The smallest absolute Gasteiger partial charge is 0.123 e. The van der Waals surface area contributed by atoms with E-state index in [2.05, 4.69) is 11.8 Å². The Morgan fingerprint density at radius 2 is 1.85 bits per heavy atom. The Bertz CT molecular complexity index is 806. The second kappa shape index (κ2) is 5.20. The molecule has 0 aliphatic carbocycles. The van der Waals surface area contributed by atoms with Gasteiger partial charge in [0, 0.05) is 22.8 Å². The molecule has 0 atom stereocenters. The van der Waals surface area contributed by atoms with Crippen LogP contribution < -0.4 is 0 Å². The minimum atomic E-state index is -0.244. The summed E-state index contributed by atoms with van der Waals surface area (Å²) in [7, 11) is 0. The van der Waals surface area contributed by atoms with Crippen molar-refractivity contribution in [1.82, 2.24) is 4.57 Å². The summed E-state index contributed by atoms with van der Waals surface area (Å²) in [4.78, 5) is 0. The molecule has 0 unspecified atom stereocenters. The van der Waals surface area contributed by atoms with E-state index in [1.165, 1.54) is 12.1 Å². The van der Waals surface area contributed by atoms with Crippen LogP contribution in [0.15, 0.2) is 54.7 Å². The summed E-state index contributed by atoms with van der Waals surface area (Å²) in [6.07, 6.45) is 1.95. The molecule has 0 spiro atoms. The minimum absolute atomic E-state index is 0.144. The normalized spacial score (nSPS) is 10.3. The molecule has 1 aromatic heterocycles. The fourth-order valence-electron chi connectivity index (χ4n) is 2.19. The first-order valence-electron chi connectivity index (χ1n) is 6.25. The highest BCUT2D eigenvalue weighted by Gasteiger charge is 2.03. The van der Waals surface area contributed by atoms with Gasteiger partial charge in [-0.1, -0.05) is 11.8 Å². The molecule has 2 nitrogen and oxygen atoms in total. The van der Waals surface area contributed by atoms with E-state index in [-0.39, 0.29) is 12.4 Å². The second-order valence-electron chi connectivity index (χ2n) is 4.40. The highest BCUT2D eigenvalue weighted by Crippen LogP contribution is 2.21. The number of aromatic nitrogens is 1. The number of benzene rings is 2. The van der Waals surface area contributed by atoms with Crippen molar-refractivity contribution in [2.24, 2.45) is 0 Å². The largest absolute Gasteiger partial charge is 0.384 e. The molecule has 0 aliphatic heterocycles. The minimum Gasteiger partial charge on any atom is -0.384 e. The topological polar surface area (TPSA) is 25.2 Å². The predicted molar refractivity (Wildman–Crippen MR) is 77.2 cm³/mol. The summed E-state index contributed by atoms with van der Waals surface area (Å²) >= 11 is 0. The molecule has 1 N–H and O–H groups in total. The van der Waals surface area contributed by atoms with E-state index >= 15 is 0 Å². The molecule has 2 aromatic carbocycles. The SMILES string of the molecule is OCC#Cc1ccc2c(ccn2-c2ccc(F)cc2)c1. The Balaban J connectivity index is 2.08. The molecule has 98 valence electrons. The number of halogens is 1. The molecule has 20 heavy (non-hydrogen) atoms. The van der Waals surface area contributed by atoms with Gasteiger partial charge in [0.25, 0.3) is 0 Å². The molecule has 0 fully saturated rings. The first kappa shape index (κ1) is 12.5. The molecule has 0 amide bonds. The van der Waals surface area contributed by atoms with Gasteiger partial charge < -0.3 is 9.67 Å². The van der Waals surface area contributed by atoms with Crippen molar-refractivity contribution in [3.8, 4) is 17.5 Å². The van der Waals surface area contributed by atoms with Crippen molar-refractivity contribution in [1.29, 1.82) is 0 Å². The standard InChI is InChI=1S/C17H12FNO/c18-15-4-6-16(7-5-15)19-10-9-14-12-13(2-1-11-20)3-8-17(14)19/h3-10,12,20H,11H2. The average molecular weight is 265 g/mol. The van der Waals surface area contributed by atoms with Crippen molar-refractivity contribution in [2.45, 2.75) is 0 Å². The maximum absolute atomic E-state index is 13.0. The summed E-state index contributed by atoms with van der Waals surface area (Å²) in [5.74, 6) is 5.27. The van der Waals surface area contributed by atoms with Gasteiger partial charge in [-0.25, -0.2) is 4.39 Å². The summed E-state index contributed by atoms with van der Waals surface area (Å²) in [5.41, 5.74) is 2.81. The Kier molecular flexibility index (Phi) is 3.24. The number of nitrogens with zero attached hydrogens (tertiary/aromatic N) is 1. The maximum Gasteiger partial charge on any atom is 0.123 e. The van der Waals surface area contributed by atoms with E-state index in [1.54, 1.807) is 12.1 Å². The Morgan fingerprint density at radius 1 is 1.05 bits per heavy atom. The fraction of sp³-hybridized carbons (Fsp3) is 0.0588. The van der Waals surface area contributed by atoms with Gasteiger partial charge in [0.1, 0.15) is 12.4 Å². The quantitative estimate of drug-likeness (QED) is 0.672. The van der Waals surface area contributed by atoms with Crippen LogP contribution in [0.5, 0.6) is 0 Å². The third-order valence-corrected chi connectivity index (χ3v) is 3.11. The zero-order valence-corrected chi connectivity index (χ0v) is 10.7. The Hall–Kier alpha value is -2.57. The van der Waals surface area contributed by atoms with Crippen LogP contribution in [-0.2, 0) is 0 Å². The van der Waals surface area contributed by atoms with Crippen molar-refractivity contribution in [2.75, 3.05) is 6.61 Å². The van der Waals surface area contributed by atoms with Gasteiger partial charge >= 0.3 is 0 Å². The highest BCUT2D eigenvalue weighted by atomic mass is 19.1. The van der Waals surface area contributed by atoms with E-state index in [0.717, 1.165) is 22.2 Å². The van der Waals surface area contributed by atoms with Crippen LogP contribution in [0.3, 0.4) is 0 Å². The predicted octanol–water partition coefficient (Wildman–Crippen LogP) is 3.11. The highest BCUT2D eigenvalue weighted by molar-refractivity contribution is 5.83. The summed E-state index contributed by atoms with van der Waals surface area (Å²) in [6.45, 7) is -0.144. The van der Waals surface area contributed by atoms with Crippen LogP contribution in [0.2, 0.25) is 0 Å². The van der Waals surface area contributed by atoms with Gasteiger partial charge in [-0.05, 0) is 48.5 Å². The first-order chi connectivity index (χ1) is 9.78. The molecule has 3 aromatic rings. The zero-order chi connectivity index (χ0) is 13.9. The van der Waals surface area contributed by atoms with Crippen molar-refractivity contribution in [3.05, 3.63) is 66.1 Å². The summed E-state index contributed by atoms with van der Waals surface area (Å²) in [5, 5.41) is 9.76. The third kappa shape index (κ3) is 2.29. The van der Waals surface area contributed by atoms with Gasteiger partial charge in [0.05, 0.1) is 5.52 Å². The number of aliphatic hydroxyl groups is 1. The Labute approximate surface area is 116 Å². The van der Waals surface area contributed by atoms with E-state index in [0.29, 0.717) is 0 Å². The lowest BCUT2D eigenvalue weighted by atomic mass is 10.1. The zero-order valence-electron chi connectivity index (χ0n) is 10.7. The van der Waals surface area contributed by atoms with Crippen molar-refractivity contribution >= 4 is 10.9 Å². The molecule has 1 heterocycles. The molecule has 0 aliphatic rings. The molecule has 3 rings (SSSR count). The van der Waals surface area contributed by atoms with Crippen LogP contribution in [-0.4, -0.2) is 16.3 Å². The molecule has 0 bridgehead atoms. The van der Waals surface area contributed by atoms with Crippen molar-refractivity contribution in [3.63, 3.8) is 0 Å². The van der Waals surface area contributed by atoms with Gasteiger partial charge in [0.15, 0.2) is 0 Å². The lowest BCUT2D eigenvalue weighted by Crippen LogP contribution is -1.91. The maximum atomic E-state index is 13.0. The van der Waals surface area contributed by atoms with Crippen LogP contribution >= 0.6 is 0 Å².